The van der Waals surface area contributed by atoms with E-state index in [1.807, 2.05) is 0 Å². The quantitative estimate of drug-likeness (QED) is 0.786. The summed E-state index contributed by atoms with van der Waals surface area (Å²) < 4.78 is 38.2. The van der Waals surface area contributed by atoms with Gasteiger partial charge in [0.15, 0.2) is 0 Å². The van der Waals surface area contributed by atoms with E-state index < -0.39 is 10.0 Å². The van der Waals surface area contributed by atoms with Crippen LogP contribution in [-0.4, -0.2) is 60.0 Å². The largest absolute Gasteiger partial charge is 0.451 e. The number of piperazine rings is 1. The number of hydrogen-bond acceptors (Lipinski definition) is 7. The molecule has 0 radical (unpaired) electrons. The first-order chi connectivity index (χ1) is 12.4. The molecule has 1 aliphatic heterocycles. The molecule has 8 nitrogen and oxygen atoms in total. The zero-order valence-corrected chi connectivity index (χ0v) is 15.9. The van der Waals surface area contributed by atoms with Crippen molar-refractivity contribution < 1.29 is 17.3 Å². The summed E-state index contributed by atoms with van der Waals surface area (Å²) in [6.07, 6.45) is 4.68. The summed E-state index contributed by atoms with van der Waals surface area (Å²) in [6.45, 7) is 6.60. The van der Waals surface area contributed by atoms with Crippen molar-refractivity contribution >= 4 is 10.0 Å². The van der Waals surface area contributed by atoms with Crippen LogP contribution in [0.5, 0.6) is 0 Å². The Labute approximate surface area is 153 Å². The van der Waals surface area contributed by atoms with Gasteiger partial charge in [-0.3, -0.25) is 4.90 Å². The first kappa shape index (κ1) is 17.7. The summed E-state index contributed by atoms with van der Waals surface area (Å²) in [4.78, 5) is 2.26. The van der Waals surface area contributed by atoms with Crippen LogP contribution < -0.4 is 0 Å². The Morgan fingerprint density at radius 3 is 2.50 bits per heavy atom. The highest BCUT2D eigenvalue weighted by molar-refractivity contribution is 7.89. The SMILES string of the molecule is CC(C)N1CCN(S(=O)(=O)c2cc(-c3nnc(C4CCC4)o3)co2)CC1. The number of nitrogens with zero attached hydrogens (tertiary/aromatic N) is 4. The van der Waals surface area contributed by atoms with Crippen LogP contribution in [0.15, 0.2) is 26.3 Å². The summed E-state index contributed by atoms with van der Waals surface area (Å²) in [5.74, 6) is 1.27. The minimum absolute atomic E-state index is 0.0751. The molecule has 0 aromatic carbocycles. The second-order valence-corrected chi connectivity index (χ2v) is 9.13. The molecule has 9 heteroatoms. The number of aromatic nitrogens is 2. The highest BCUT2D eigenvalue weighted by Crippen LogP contribution is 2.36. The molecule has 26 heavy (non-hydrogen) atoms. The molecule has 2 fully saturated rings. The molecular formula is C17H24N4O4S. The van der Waals surface area contributed by atoms with Crippen molar-refractivity contribution in [2.24, 2.45) is 0 Å². The minimum atomic E-state index is -3.65. The Hall–Kier alpha value is -1.71. The van der Waals surface area contributed by atoms with Crippen molar-refractivity contribution in [3.05, 3.63) is 18.2 Å². The Balaban J connectivity index is 1.49. The number of furan rings is 1. The lowest BCUT2D eigenvalue weighted by molar-refractivity contribution is 0.153. The van der Waals surface area contributed by atoms with Crippen LogP contribution in [0, 0.1) is 0 Å². The zero-order chi connectivity index (χ0) is 18.3. The van der Waals surface area contributed by atoms with Crippen LogP contribution in [0.25, 0.3) is 11.5 Å². The maximum atomic E-state index is 12.8. The van der Waals surface area contributed by atoms with E-state index in [1.54, 1.807) is 0 Å². The van der Waals surface area contributed by atoms with Crippen molar-refractivity contribution in [1.82, 2.24) is 19.4 Å². The number of rotatable bonds is 5. The molecule has 142 valence electrons. The molecule has 0 unspecified atom stereocenters. The summed E-state index contributed by atoms with van der Waals surface area (Å²) in [7, 11) is -3.65. The fourth-order valence-electron chi connectivity index (χ4n) is 3.32. The lowest BCUT2D eigenvalue weighted by Gasteiger charge is -2.35. The van der Waals surface area contributed by atoms with Gasteiger partial charge in [0.2, 0.25) is 11.0 Å². The maximum absolute atomic E-state index is 12.8. The van der Waals surface area contributed by atoms with Crippen LogP contribution in [0.3, 0.4) is 0 Å². The van der Waals surface area contributed by atoms with Gasteiger partial charge in [-0.2, -0.15) is 4.31 Å². The molecule has 2 aromatic heterocycles. The normalized spacial score (nSPS) is 20.6. The van der Waals surface area contributed by atoms with E-state index >= 15 is 0 Å². The van der Waals surface area contributed by atoms with Crippen LogP contribution in [0.4, 0.5) is 0 Å². The summed E-state index contributed by atoms with van der Waals surface area (Å²) in [6, 6.07) is 1.89. The lowest BCUT2D eigenvalue weighted by Crippen LogP contribution is -2.50. The Bertz CT molecular complexity index is 861. The molecule has 4 rings (SSSR count). The van der Waals surface area contributed by atoms with Crippen molar-refractivity contribution in [3.8, 4) is 11.5 Å². The summed E-state index contributed by atoms with van der Waals surface area (Å²) in [5.41, 5.74) is 0.502. The molecule has 1 aliphatic carbocycles. The Morgan fingerprint density at radius 2 is 1.88 bits per heavy atom. The second-order valence-electron chi connectivity index (χ2n) is 7.26. The van der Waals surface area contributed by atoms with Crippen LogP contribution >= 0.6 is 0 Å². The zero-order valence-electron chi connectivity index (χ0n) is 15.1. The van der Waals surface area contributed by atoms with Gasteiger partial charge in [0, 0.05) is 44.2 Å². The van der Waals surface area contributed by atoms with E-state index in [1.165, 1.54) is 23.1 Å². The molecule has 1 saturated heterocycles. The molecule has 0 spiro atoms. The van der Waals surface area contributed by atoms with Crippen molar-refractivity contribution in [3.63, 3.8) is 0 Å². The van der Waals surface area contributed by atoms with Gasteiger partial charge in [0.1, 0.15) is 6.26 Å². The topological polar surface area (TPSA) is 92.7 Å². The maximum Gasteiger partial charge on any atom is 0.276 e. The van der Waals surface area contributed by atoms with Gasteiger partial charge in [0.05, 0.1) is 5.56 Å². The Kier molecular flexibility index (Phi) is 4.62. The molecule has 2 aromatic rings. The van der Waals surface area contributed by atoms with Crippen molar-refractivity contribution in [1.29, 1.82) is 0 Å². The minimum Gasteiger partial charge on any atom is -0.451 e. The Morgan fingerprint density at radius 1 is 1.15 bits per heavy atom. The standard InChI is InChI=1S/C17H24N4O4S/c1-12(2)20-6-8-21(9-7-20)26(22,23)15-10-14(11-24-15)17-19-18-16(25-17)13-4-3-5-13/h10-13H,3-9H2,1-2H3. The van der Waals surface area contributed by atoms with E-state index in [4.69, 9.17) is 8.83 Å². The van der Waals surface area contributed by atoms with Gasteiger partial charge in [-0.15, -0.1) is 10.2 Å². The molecule has 2 aliphatic rings. The third kappa shape index (κ3) is 3.19. The van der Waals surface area contributed by atoms with Gasteiger partial charge in [0.25, 0.3) is 15.9 Å². The highest BCUT2D eigenvalue weighted by Gasteiger charge is 2.32. The molecule has 0 bridgehead atoms. The predicted octanol–water partition coefficient (Wildman–Crippen LogP) is 2.31. The molecule has 1 saturated carbocycles. The van der Waals surface area contributed by atoms with Crippen molar-refractivity contribution in [2.75, 3.05) is 26.2 Å². The van der Waals surface area contributed by atoms with E-state index in [0.29, 0.717) is 42.4 Å². The van der Waals surface area contributed by atoms with Crippen LogP contribution in [-0.2, 0) is 10.0 Å². The van der Waals surface area contributed by atoms with Gasteiger partial charge < -0.3 is 8.83 Å². The second kappa shape index (κ2) is 6.79. The van der Waals surface area contributed by atoms with Gasteiger partial charge in [-0.25, -0.2) is 8.42 Å². The van der Waals surface area contributed by atoms with E-state index in [-0.39, 0.29) is 5.09 Å². The van der Waals surface area contributed by atoms with E-state index in [9.17, 15) is 8.42 Å². The average Bonchev–Trinajstić information content (AvgIpc) is 3.22. The third-order valence-electron chi connectivity index (χ3n) is 5.32. The van der Waals surface area contributed by atoms with Gasteiger partial charge >= 0.3 is 0 Å². The van der Waals surface area contributed by atoms with Crippen LogP contribution in [0.2, 0.25) is 0 Å². The molecule has 0 amide bonds. The van der Waals surface area contributed by atoms with Gasteiger partial charge in [-0.05, 0) is 26.7 Å². The molecule has 0 N–H and O–H groups in total. The number of sulfonamides is 1. The lowest BCUT2D eigenvalue weighted by atomic mass is 9.85. The molecular weight excluding hydrogens is 356 g/mol. The van der Waals surface area contributed by atoms with E-state index in [0.717, 1.165) is 25.9 Å². The molecule has 0 atom stereocenters. The third-order valence-corrected chi connectivity index (χ3v) is 7.08. The fourth-order valence-corrected chi connectivity index (χ4v) is 4.67. The van der Waals surface area contributed by atoms with Crippen LogP contribution in [0.1, 0.15) is 44.9 Å². The van der Waals surface area contributed by atoms with E-state index in [2.05, 4.69) is 28.9 Å². The summed E-state index contributed by atoms with van der Waals surface area (Å²) >= 11 is 0. The van der Waals surface area contributed by atoms with Crippen molar-refractivity contribution in [2.45, 2.75) is 50.2 Å². The molecule has 3 heterocycles. The summed E-state index contributed by atoms with van der Waals surface area (Å²) in [5, 5.41) is 8.04. The smallest absolute Gasteiger partial charge is 0.276 e. The van der Waals surface area contributed by atoms with Gasteiger partial charge in [-0.1, -0.05) is 6.42 Å². The predicted molar refractivity (Wildman–Crippen MR) is 94.1 cm³/mol. The first-order valence-electron chi connectivity index (χ1n) is 9.11. The number of hydrogen-bond donors (Lipinski definition) is 0. The average molecular weight is 380 g/mol. The monoisotopic (exact) mass is 380 g/mol. The fraction of sp³-hybridized carbons (Fsp3) is 0.647. The first-order valence-corrected chi connectivity index (χ1v) is 10.6. The highest BCUT2D eigenvalue weighted by atomic mass is 32.2.